The molecule has 8 heteroatoms. The van der Waals surface area contributed by atoms with Crippen LogP contribution in [0.25, 0.3) is 10.2 Å². The molecule has 4 rings (SSSR count). The highest BCUT2D eigenvalue weighted by atomic mass is 32.2. The molecular formula is C19H18N2O3S3. The van der Waals surface area contributed by atoms with Gasteiger partial charge in [0.25, 0.3) is 0 Å². The summed E-state index contributed by atoms with van der Waals surface area (Å²) < 4.78 is 7.18. The standard InChI is InChI=1S/C19H18N2O3S3/c1-2-24-18(23)16-11-6-5-9-13(11)26-17(16)21-15(22)10-25-19-20-12-7-3-4-8-14(12)27-19/h3-4,7-8H,2,5-6,9-10H2,1H3,(H,21,22). The summed E-state index contributed by atoms with van der Waals surface area (Å²) in [6.07, 6.45) is 2.88. The zero-order valence-corrected chi connectivity index (χ0v) is 17.2. The van der Waals surface area contributed by atoms with E-state index in [2.05, 4.69) is 10.3 Å². The van der Waals surface area contributed by atoms with Crippen molar-refractivity contribution >= 4 is 61.5 Å². The van der Waals surface area contributed by atoms with Crippen molar-refractivity contribution in [3.8, 4) is 0 Å². The number of aromatic nitrogens is 1. The molecule has 0 saturated heterocycles. The molecule has 0 fully saturated rings. The number of thiophene rings is 1. The Bertz CT molecular complexity index is 976. The normalized spacial score (nSPS) is 12.9. The van der Waals surface area contributed by atoms with Gasteiger partial charge in [-0.05, 0) is 43.9 Å². The van der Waals surface area contributed by atoms with E-state index in [9.17, 15) is 9.59 Å². The minimum Gasteiger partial charge on any atom is -0.462 e. The van der Waals surface area contributed by atoms with E-state index < -0.39 is 0 Å². The first-order chi connectivity index (χ1) is 13.2. The number of esters is 1. The van der Waals surface area contributed by atoms with Gasteiger partial charge >= 0.3 is 5.97 Å². The van der Waals surface area contributed by atoms with E-state index in [1.165, 1.54) is 28.0 Å². The fourth-order valence-electron chi connectivity index (χ4n) is 3.11. The van der Waals surface area contributed by atoms with Gasteiger partial charge in [0, 0.05) is 4.88 Å². The van der Waals surface area contributed by atoms with Crippen LogP contribution >= 0.6 is 34.4 Å². The molecule has 27 heavy (non-hydrogen) atoms. The molecular weight excluding hydrogens is 400 g/mol. The van der Waals surface area contributed by atoms with Crippen molar-refractivity contribution in [1.29, 1.82) is 0 Å². The Morgan fingerprint density at radius 2 is 2.11 bits per heavy atom. The zero-order chi connectivity index (χ0) is 18.8. The van der Waals surface area contributed by atoms with Crippen molar-refractivity contribution < 1.29 is 14.3 Å². The quantitative estimate of drug-likeness (QED) is 0.462. The predicted molar refractivity (Wildman–Crippen MR) is 111 cm³/mol. The molecule has 0 aliphatic heterocycles. The minimum absolute atomic E-state index is 0.135. The maximum absolute atomic E-state index is 12.5. The summed E-state index contributed by atoms with van der Waals surface area (Å²) in [7, 11) is 0. The van der Waals surface area contributed by atoms with Crippen molar-refractivity contribution in [2.24, 2.45) is 0 Å². The number of hydrogen-bond donors (Lipinski definition) is 1. The average molecular weight is 419 g/mol. The molecule has 0 bridgehead atoms. The molecule has 1 amide bonds. The van der Waals surface area contributed by atoms with Gasteiger partial charge in [0.05, 0.1) is 28.1 Å². The van der Waals surface area contributed by atoms with Crippen LogP contribution < -0.4 is 5.32 Å². The Hall–Kier alpha value is -1.90. The van der Waals surface area contributed by atoms with E-state index in [0.717, 1.165) is 39.4 Å². The summed E-state index contributed by atoms with van der Waals surface area (Å²) in [4.78, 5) is 30.5. The first-order valence-electron chi connectivity index (χ1n) is 8.75. The molecule has 1 N–H and O–H groups in total. The molecule has 0 spiro atoms. The zero-order valence-electron chi connectivity index (χ0n) is 14.7. The third-order valence-corrected chi connectivity index (χ3v) is 7.64. The van der Waals surface area contributed by atoms with Gasteiger partial charge in [-0.15, -0.1) is 22.7 Å². The highest BCUT2D eigenvalue weighted by molar-refractivity contribution is 8.01. The molecule has 140 valence electrons. The lowest BCUT2D eigenvalue weighted by atomic mass is 10.1. The highest BCUT2D eigenvalue weighted by Crippen LogP contribution is 2.39. The maximum Gasteiger partial charge on any atom is 0.341 e. The third kappa shape index (κ3) is 3.88. The molecule has 5 nitrogen and oxygen atoms in total. The summed E-state index contributed by atoms with van der Waals surface area (Å²) in [5.74, 6) is -0.222. The first-order valence-corrected chi connectivity index (χ1v) is 11.4. The first kappa shape index (κ1) is 18.5. The molecule has 0 atom stereocenters. The molecule has 1 aliphatic rings. The average Bonchev–Trinajstić information content (AvgIpc) is 3.33. The number of thiazole rings is 1. The van der Waals surface area contributed by atoms with Crippen molar-refractivity contribution in [3.63, 3.8) is 0 Å². The van der Waals surface area contributed by atoms with Crippen LogP contribution in [-0.2, 0) is 22.4 Å². The van der Waals surface area contributed by atoms with Gasteiger partial charge in [-0.3, -0.25) is 4.79 Å². The van der Waals surface area contributed by atoms with Crippen molar-refractivity contribution in [2.75, 3.05) is 17.7 Å². The number of amides is 1. The van der Waals surface area contributed by atoms with Crippen LogP contribution in [0.15, 0.2) is 28.6 Å². The number of benzene rings is 1. The number of anilines is 1. The third-order valence-electron chi connectivity index (χ3n) is 4.25. The SMILES string of the molecule is CCOC(=O)c1c(NC(=O)CSc2nc3ccccc3s2)sc2c1CCC2. The number of carbonyl (C=O) groups excluding carboxylic acids is 2. The number of nitrogens with zero attached hydrogens (tertiary/aromatic N) is 1. The van der Waals surface area contributed by atoms with Gasteiger partial charge < -0.3 is 10.1 Å². The van der Waals surface area contributed by atoms with Gasteiger partial charge in [0.1, 0.15) is 5.00 Å². The fraction of sp³-hybridized carbons (Fsp3) is 0.316. The highest BCUT2D eigenvalue weighted by Gasteiger charge is 2.28. The number of rotatable bonds is 6. The van der Waals surface area contributed by atoms with Crippen molar-refractivity contribution in [2.45, 2.75) is 30.5 Å². The summed E-state index contributed by atoms with van der Waals surface area (Å²) >= 11 is 4.49. The molecule has 1 aromatic carbocycles. The van der Waals surface area contributed by atoms with Gasteiger partial charge in [-0.1, -0.05) is 23.9 Å². The van der Waals surface area contributed by atoms with Crippen LogP contribution in [0.1, 0.15) is 34.1 Å². The number of ether oxygens (including phenoxy) is 1. The summed E-state index contributed by atoms with van der Waals surface area (Å²) in [5.41, 5.74) is 2.55. The molecule has 1 aliphatic carbocycles. The molecule has 3 aromatic rings. The van der Waals surface area contributed by atoms with E-state index >= 15 is 0 Å². The van der Waals surface area contributed by atoms with E-state index in [1.54, 1.807) is 18.3 Å². The van der Waals surface area contributed by atoms with Gasteiger partial charge in [0.2, 0.25) is 5.91 Å². The summed E-state index contributed by atoms with van der Waals surface area (Å²) in [5, 5.41) is 3.54. The van der Waals surface area contributed by atoms with Gasteiger partial charge in [0.15, 0.2) is 4.34 Å². The van der Waals surface area contributed by atoms with E-state index in [4.69, 9.17) is 4.74 Å². The number of nitrogens with one attached hydrogen (secondary N) is 1. The Balaban J connectivity index is 1.45. The Labute approximate surface area is 169 Å². The summed E-state index contributed by atoms with van der Waals surface area (Å²) in [6.45, 7) is 2.11. The predicted octanol–water partition coefficient (Wildman–Crippen LogP) is 4.75. The molecule has 0 unspecified atom stereocenters. The minimum atomic E-state index is -0.342. The van der Waals surface area contributed by atoms with Gasteiger partial charge in [-0.2, -0.15) is 0 Å². The summed E-state index contributed by atoms with van der Waals surface area (Å²) in [6, 6.07) is 7.93. The smallest absolute Gasteiger partial charge is 0.341 e. The molecule has 2 aromatic heterocycles. The molecule has 2 heterocycles. The number of carbonyl (C=O) groups is 2. The largest absolute Gasteiger partial charge is 0.462 e. The van der Waals surface area contributed by atoms with Crippen LogP contribution in [0.5, 0.6) is 0 Å². The van der Waals surface area contributed by atoms with Crippen LogP contribution in [0, 0.1) is 0 Å². The van der Waals surface area contributed by atoms with Crippen LogP contribution in [0.2, 0.25) is 0 Å². The van der Waals surface area contributed by atoms with Crippen LogP contribution in [-0.4, -0.2) is 29.2 Å². The molecule has 0 radical (unpaired) electrons. The van der Waals surface area contributed by atoms with Crippen LogP contribution in [0.3, 0.4) is 0 Å². The molecule has 0 saturated carbocycles. The maximum atomic E-state index is 12.5. The Morgan fingerprint density at radius 3 is 2.93 bits per heavy atom. The second kappa shape index (κ2) is 8.00. The lowest BCUT2D eigenvalue weighted by Gasteiger charge is -2.07. The number of fused-ring (bicyclic) bond motifs is 2. The Kier molecular flexibility index (Phi) is 5.47. The van der Waals surface area contributed by atoms with E-state index in [1.807, 2.05) is 24.3 Å². The van der Waals surface area contributed by atoms with Crippen molar-refractivity contribution in [1.82, 2.24) is 4.98 Å². The number of aryl methyl sites for hydroxylation is 1. The lowest BCUT2D eigenvalue weighted by Crippen LogP contribution is -2.16. The monoisotopic (exact) mass is 418 g/mol. The number of hydrogen-bond acceptors (Lipinski definition) is 7. The van der Waals surface area contributed by atoms with Gasteiger partial charge in [-0.25, -0.2) is 9.78 Å². The number of para-hydroxylation sites is 1. The lowest BCUT2D eigenvalue weighted by molar-refractivity contribution is -0.113. The van der Waals surface area contributed by atoms with Crippen molar-refractivity contribution in [3.05, 3.63) is 40.3 Å². The topological polar surface area (TPSA) is 68.3 Å². The second-order valence-corrected chi connectivity index (χ2v) is 9.42. The fourth-order valence-corrected chi connectivity index (χ4v) is 6.28. The van der Waals surface area contributed by atoms with E-state index in [-0.39, 0.29) is 17.6 Å². The van der Waals surface area contributed by atoms with E-state index in [0.29, 0.717) is 17.2 Å². The van der Waals surface area contributed by atoms with Crippen LogP contribution in [0.4, 0.5) is 5.00 Å². The second-order valence-electron chi connectivity index (χ2n) is 6.07. The Morgan fingerprint density at radius 1 is 1.26 bits per heavy atom. The number of thioether (sulfide) groups is 1.